The summed E-state index contributed by atoms with van der Waals surface area (Å²) in [5.74, 6) is -1.54. The summed E-state index contributed by atoms with van der Waals surface area (Å²) in [5, 5.41) is 12.6. The molecular weight excluding hydrogens is 318 g/mol. The minimum absolute atomic E-state index is 0.0861. The van der Waals surface area contributed by atoms with Crippen molar-refractivity contribution in [3.63, 3.8) is 0 Å². The molecule has 0 aliphatic rings. The van der Waals surface area contributed by atoms with Crippen molar-refractivity contribution in [3.05, 3.63) is 58.1 Å². The third-order valence-corrected chi connectivity index (χ3v) is 3.42. The van der Waals surface area contributed by atoms with Crippen molar-refractivity contribution < 1.29 is 19.4 Å². The molecule has 120 valence electrons. The van der Waals surface area contributed by atoms with E-state index in [1.54, 1.807) is 0 Å². The molecule has 0 saturated carbocycles. The predicted molar refractivity (Wildman–Crippen MR) is 87.9 cm³/mol. The van der Waals surface area contributed by atoms with E-state index in [9.17, 15) is 14.7 Å². The van der Waals surface area contributed by atoms with Crippen LogP contribution in [0.4, 0.5) is 5.69 Å². The number of nitrogens with one attached hydrogen (secondary N) is 1. The molecule has 0 fully saturated rings. The number of aryl methyl sites for hydroxylation is 2. The minimum Gasteiger partial charge on any atom is -0.507 e. The van der Waals surface area contributed by atoms with E-state index >= 15 is 0 Å². The molecule has 0 saturated heterocycles. The number of amides is 1. The van der Waals surface area contributed by atoms with Crippen molar-refractivity contribution in [2.75, 3.05) is 11.9 Å². The molecule has 0 bridgehead atoms. The maximum atomic E-state index is 11.9. The summed E-state index contributed by atoms with van der Waals surface area (Å²) in [6, 6.07) is 9.67. The fourth-order valence-corrected chi connectivity index (χ4v) is 2.11. The summed E-state index contributed by atoms with van der Waals surface area (Å²) in [6.45, 7) is 3.32. The van der Waals surface area contributed by atoms with Crippen LogP contribution in [-0.4, -0.2) is 23.6 Å². The zero-order valence-electron chi connectivity index (χ0n) is 12.7. The van der Waals surface area contributed by atoms with Crippen LogP contribution in [0.15, 0.2) is 36.4 Å². The lowest BCUT2D eigenvalue weighted by molar-refractivity contribution is -0.119. The fraction of sp³-hybridized carbons (Fsp3) is 0.176. The van der Waals surface area contributed by atoms with Gasteiger partial charge in [-0.3, -0.25) is 4.79 Å². The molecule has 2 aromatic rings. The lowest BCUT2D eigenvalue weighted by Crippen LogP contribution is -2.21. The number of benzene rings is 2. The minimum atomic E-state index is -0.818. The highest BCUT2D eigenvalue weighted by atomic mass is 35.5. The van der Waals surface area contributed by atoms with Gasteiger partial charge in [-0.05, 0) is 49.2 Å². The number of hydrogen-bond acceptors (Lipinski definition) is 4. The van der Waals surface area contributed by atoms with Crippen LogP contribution < -0.4 is 5.32 Å². The zero-order chi connectivity index (χ0) is 17.0. The number of halogens is 1. The summed E-state index contributed by atoms with van der Waals surface area (Å²) in [6.07, 6.45) is 0. The van der Waals surface area contributed by atoms with Gasteiger partial charge in [0, 0.05) is 10.7 Å². The molecule has 6 heteroatoms. The average Bonchev–Trinajstić information content (AvgIpc) is 2.51. The first-order valence-electron chi connectivity index (χ1n) is 6.89. The highest BCUT2D eigenvalue weighted by molar-refractivity contribution is 6.31. The van der Waals surface area contributed by atoms with Gasteiger partial charge in [0.2, 0.25) is 0 Å². The van der Waals surface area contributed by atoms with E-state index in [0.717, 1.165) is 11.1 Å². The topological polar surface area (TPSA) is 75.6 Å². The van der Waals surface area contributed by atoms with Crippen molar-refractivity contribution in [1.82, 2.24) is 0 Å². The number of aromatic hydroxyl groups is 1. The Morgan fingerprint density at radius 2 is 1.91 bits per heavy atom. The van der Waals surface area contributed by atoms with Crippen LogP contribution in [0.1, 0.15) is 21.5 Å². The maximum absolute atomic E-state index is 11.9. The van der Waals surface area contributed by atoms with Crippen LogP contribution >= 0.6 is 11.6 Å². The number of phenolic OH excluding ortho intramolecular Hbond substituents is 1. The molecule has 2 aromatic carbocycles. The van der Waals surface area contributed by atoms with Crippen LogP contribution in [0.25, 0.3) is 0 Å². The Balaban J connectivity index is 1.97. The lowest BCUT2D eigenvalue weighted by Gasteiger charge is -2.10. The quantitative estimate of drug-likeness (QED) is 0.840. The third kappa shape index (κ3) is 4.47. The Bertz CT molecular complexity index is 758. The Kier molecular flexibility index (Phi) is 5.24. The highest BCUT2D eigenvalue weighted by Crippen LogP contribution is 2.22. The summed E-state index contributed by atoms with van der Waals surface area (Å²) >= 11 is 5.76. The number of ether oxygens (including phenoxy) is 1. The van der Waals surface area contributed by atoms with E-state index in [2.05, 4.69) is 5.32 Å². The molecule has 0 spiro atoms. The summed E-state index contributed by atoms with van der Waals surface area (Å²) in [7, 11) is 0. The van der Waals surface area contributed by atoms with Crippen LogP contribution in [0.5, 0.6) is 5.75 Å². The monoisotopic (exact) mass is 333 g/mol. The Morgan fingerprint density at radius 1 is 1.17 bits per heavy atom. The molecule has 2 N–H and O–H groups in total. The summed E-state index contributed by atoms with van der Waals surface area (Å²) < 4.78 is 4.90. The van der Waals surface area contributed by atoms with Crippen molar-refractivity contribution in [2.45, 2.75) is 13.8 Å². The van der Waals surface area contributed by atoms with Crippen molar-refractivity contribution in [1.29, 1.82) is 0 Å². The largest absolute Gasteiger partial charge is 0.507 e. The van der Waals surface area contributed by atoms with Gasteiger partial charge < -0.3 is 15.2 Å². The van der Waals surface area contributed by atoms with Gasteiger partial charge in [0.15, 0.2) is 6.61 Å². The molecule has 23 heavy (non-hydrogen) atoms. The predicted octanol–water partition coefficient (Wildman–Crippen LogP) is 3.46. The number of carbonyl (C=O) groups excluding carboxylic acids is 2. The molecule has 0 aromatic heterocycles. The van der Waals surface area contributed by atoms with Gasteiger partial charge in [-0.1, -0.05) is 23.7 Å². The second kappa shape index (κ2) is 7.15. The number of phenols is 1. The zero-order valence-corrected chi connectivity index (χ0v) is 13.5. The summed E-state index contributed by atoms with van der Waals surface area (Å²) in [4.78, 5) is 23.8. The number of carbonyl (C=O) groups is 2. The van der Waals surface area contributed by atoms with E-state index < -0.39 is 18.5 Å². The first kappa shape index (κ1) is 16.8. The molecule has 0 radical (unpaired) electrons. The van der Waals surface area contributed by atoms with Gasteiger partial charge in [0.1, 0.15) is 11.3 Å². The molecular formula is C17H16ClNO4. The fourth-order valence-electron chi connectivity index (χ4n) is 1.94. The van der Waals surface area contributed by atoms with E-state index in [-0.39, 0.29) is 16.3 Å². The van der Waals surface area contributed by atoms with E-state index in [1.807, 2.05) is 32.0 Å². The number of esters is 1. The Labute approximate surface area is 138 Å². The van der Waals surface area contributed by atoms with E-state index in [1.165, 1.54) is 18.2 Å². The average molecular weight is 334 g/mol. The van der Waals surface area contributed by atoms with Crippen LogP contribution in [0, 0.1) is 13.8 Å². The number of rotatable bonds is 4. The van der Waals surface area contributed by atoms with Crippen molar-refractivity contribution >= 4 is 29.2 Å². The van der Waals surface area contributed by atoms with Gasteiger partial charge in [-0.15, -0.1) is 0 Å². The first-order valence-corrected chi connectivity index (χ1v) is 7.27. The normalized spacial score (nSPS) is 10.2. The van der Waals surface area contributed by atoms with Crippen LogP contribution in [0.3, 0.4) is 0 Å². The van der Waals surface area contributed by atoms with Crippen molar-refractivity contribution in [2.24, 2.45) is 0 Å². The van der Waals surface area contributed by atoms with Crippen LogP contribution in [0.2, 0.25) is 5.02 Å². The smallest absolute Gasteiger partial charge is 0.342 e. The molecule has 0 aliphatic carbocycles. The van der Waals surface area contributed by atoms with E-state index in [0.29, 0.717) is 5.69 Å². The van der Waals surface area contributed by atoms with Gasteiger partial charge in [0.25, 0.3) is 5.91 Å². The van der Waals surface area contributed by atoms with Gasteiger partial charge in [-0.2, -0.15) is 0 Å². The second-order valence-electron chi connectivity index (χ2n) is 5.10. The van der Waals surface area contributed by atoms with Gasteiger partial charge in [0.05, 0.1) is 0 Å². The molecule has 1 amide bonds. The standard InChI is InChI=1S/C17H16ClNO4/c1-10-3-4-11(2)14(7-10)19-16(21)9-23-17(22)13-8-12(18)5-6-15(13)20/h3-8,20H,9H2,1-2H3,(H,19,21). The van der Waals surface area contributed by atoms with Gasteiger partial charge >= 0.3 is 5.97 Å². The van der Waals surface area contributed by atoms with Crippen molar-refractivity contribution in [3.8, 4) is 5.75 Å². The van der Waals surface area contributed by atoms with Crippen LogP contribution in [-0.2, 0) is 9.53 Å². The van der Waals surface area contributed by atoms with Gasteiger partial charge in [-0.25, -0.2) is 4.79 Å². The molecule has 0 unspecified atom stereocenters. The molecule has 0 atom stereocenters. The first-order chi connectivity index (χ1) is 10.9. The molecule has 5 nitrogen and oxygen atoms in total. The second-order valence-corrected chi connectivity index (χ2v) is 5.54. The number of hydrogen-bond donors (Lipinski definition) is 2. The SMILES string of the molecule is Cc1ccc(C)c(NC(=O)COC(=O)c2cc(Cl)ccc2O)c1. The molecule has 0 aliphatic heterocycles. The maximum Gasteiger partial charge on any atom is 0.342 e. The third-order valence-electron chi connectivity index (χ3n) is 3.18. The highest BCUT2D eigenvalue weighted by Gasteiger charge is 2.15. The van der Waals surface area contributed by atoms with E-state index in [4.69, 9.17) is 16.3 Å². The molecule has 0 heterocycles. The lowest BCUT2D eigenvalue weighted by atomic mass is 10.1. The summed E-state index contributed by atoms with van der Waals surface area (Å²) in [5.41, 5.74) is 2.49. The molecule has 2 rings (SSSR count). The Hall–Kier alpha value is -2.53. The number of anilines is 1. The Morgan fingerprint density at radius 3 is 2.65 bits per heavy atom.